The number of benzene rings is 2. The quantitative estimate of drug-likeness (QED) is 0.744. The van der Waals surface area contributed by atoms with Gasteiger partial charge in [0.05, 0.1) is 17.7 Å². The molecule has 140 valence electrons. The Morgan fingerprint density at radius 3 is 2.85 bits per heavy atom. The topological polar surface area (TPSA) is 73.6 Å². The number of carboxylic acid groups (broad SMARTS) is 1. The molecule has 3 aromatic rings. The number of ether oxygens (including phenoxy) is 2. The summed E-state index contributed by atoms with van der Waals surface area (Å²) >= 11 is 0. The summed E-state index contributed by atoms with van der Waals surface area (Å²) in [5, 5.41) is 9.69. The second kappa shape index (κ2) is 7.04. The first-order valence-corrected chi connectivity index (χ1v) is 9.06. The summed E-state index contributed by atoms with van der Waals surface area (Å²) in [5.41, 5.74) is 3.62. The van der Waals surface area contributed by atoms with Crippen molar-refractivity contribution in [1.82, 2.24) is 9.55 Å². The summed E-state index contributed by atoms with van der Waals surface area (Å²) in [6, 6.07) is 11.7. The lowest BCUT2D eigenvalue weighted by Crippen LogP contribution is -2.19. The molecule has 1 aliphatic rings. The number of rotatable bonds is 5. The van der Waals surface area contributed by atoms with Crippen LogP contribution in [0.15, 0.2) is 36.4 Å². The number of carbonyl (C=O) groups is 1. The molecule has 0 spiro atoms. The molecule has 0 amide bonds. The van der Waals surface area contributed by atoms with E-state index in [0.717, 1.165) is 28.9 Å². The number of nitrogens with zero attached hydrogens (tertiary/aromatic N) is 2. The third-order valence-electron chi connectivity index (χ3n) is 5.12. The molecule has 1 aliphatic heterocycles. The minimum atomic E-state index is -0.945. The fourth-order valence-electron chi connectivity index (χ4n) is 3.82. The van der Waals surface area contributed by atoms with Crippen LogP contribution >= 0.6 is 0 Å². The third kappa shape index (κ3) is 3.06. The highest BCUT2D eigenvalue weighted by Gasteiger charge is 2.30. The minimum absolute atomic E-state index is 0.1000. The first-order valence-electron chi connectivity index (χ1n) is 9.06. The Balaban J connectivity index is 1.89. The van der Waals surface area contributed by atoms with Crippen molar-refractivity contribution in [3.8, 4) is 5.75 Å². The van der Waals surface area contributed by atoms with E-state index in [1.807, 2.05) is 37.3 Å². The van der Waals surface area contributed by atoms with Gasteiger partial charge < -0.3 is 19.1 Å². The highest BCUT2D eigenvalue weighted by molar-refractivity contribution is 5.98. The van der Waals surface area contributed by atoms with E-state index in [2.05, 4.69) is 9.55 Å². The van der Waals surface area contributed by atoms with Crippen molar-refractivity contribution in [3.05, 3.63) is 58.9 Å². The Kier molecular flexibility index (Phi) is 4.58. The van der Waals surface area contributed by atoms with Crippen molar-refractivity contribution in [2.45, 2.75) is 32.4 Å². The lowest BCUT2D eigenvalue weighted by atomic mass is 9.93. The second-order valence-corrected chi connectivity index (χ2v) is 6.76. The van der Waals surface area contributed by atoms with E-state index in [0.29, 0.717) is 30.8 Å². The van der Waals surface area contributed by atoms with E-state index in [1.165, 1.54) is 0 Å². The Morgan fingerprint density at radius 1 is 1.37 bits per heavy atom. The summed E-state index contributed by atoms with van der Waals surface area (Å²) in [6.07, 6.45) is 1.30. The van der Waals surface area contributed by atoms with Gasteiger partial charge in [-0.25, -0.2) is 9.78 Å². The highest BCUT2D eigenvalue weighted by atomic mass is 16.5. The highest BCUT2D eigenvalue weighted by Crippen LogP contribution is 2.42. The molecular weight excluding hydrogens is 344 g/mol. The molecule has 0 saturated carbocycles. The monoisotopic (exact) mass is 366 g/mol. The van der Waals surface area contributed by atoms with E-state index in [4.69, 9.17) is 9.47 Å². The molecule has 0 bridgehead atoms. The number of aromatic nitrogens is 2. The molecule has 2 aromatic carbocycles. The maximum Gasteiger partial charge on any atom is 0.336 e. The van der Waals surface area contributed by atoms with Crippen LogP contribution in [0.4, 0.5) is 0 Å². The van der Waals surface area contributed by atoms with E-state index in [1.54, 1.807) is 13.2 Å². The number of imidazole rings is 1. The van der Waals surface area contributed by atoms with Crippen LogP contribution in [-0.2, 0) is 17.7 Å². The number of methoxy groups -OCH3 is 1. The van der Waals surface area contributed by atoms with Gasteiger partial charge in [0.2, 0.25) is 0 Å². The molecule has 6 nitrogen and oxygen atoms in total. The van der Waals surface area contributed by atoms with Gasteiger partial charge in [-0.2, -0.15) is 0 Å². The van der Waals surface area contributed by atoms with Crippen molar-refractivity contribution < 1.29 is 19.4 Å². The summed E-state index contributed by atoms with van der Waals surface area (Å²) in [7, 11) is 1.66. The predicted octanol–water partition coefficient (Wildman–Crippen LogP) is 3.76. The van der Waals surface area contributed by atoms with Crippen LogP contribution in [-0.4, -0.2) is 34.3 Å². The molecular formula is C21H22N2O4. The standard InChI is InChI=1S/C21H22N2O4/c1-13-22-17-12-16(21(24)25)15-8-9-18(14-6-4-3-5-7-14)27-20(15)19(17)23(13)10-11-26-2/h3-7,12,18H,8-11H2,1-2H3,(H,24,25). The second-order valence-electron chi connectivity index (χ2n) is 6.76. The molecule has 0 saturated heterocycles. The van der Waals surface area contributed by atoms with Crippen LogP contribution in [0.2, 0.25) is 0 Å². The first-order chi connectivity index (χ1) is 13.1. The zero-order chi connectivity index (χ0) is 19.0. The summed E-state index contributed by atoms with van der Waals surface area (Å²) in [4.78, 5) is 16.4. The molecule has 2 heterocycles. The molecule has 1 unspecified atom stereocenters. The summed E-state index contributed by atoms with van der Waals surface area (Å²) < 4.78 is 13.7. The van der Waals surface area contributed by atoms with E-state index in [9.17, 15) is 9.90 Å². The average Bonchev–Trinajstić information content (AvgIpc) is 3.01. The van der Waals surface area contributed by atoms with E-state index < -0.39 is 5.97 Å². The van der Waals surface area contributed by atoms with E-state index >= 15 is 0 Å². The summed E-state index contributed by atoms with van der Waals surface area (Å²) in [6.45, 7) is 3.10. The van der Waals surface area contributed by atoms with Crippen molar-refractivity contribution in [3.63, 3.8) is 0 Å². The van der Waals surface area contributed by atoms with Crippen LogP contribution in [0.25, 0.3) is 11.0 Å². The Hall–Kier alpha value is -2.86. The molecule has 6 heteroatoms. The molecule has 1 aromatic heterocycles. The predicted molar refractivity (Wildman–Crippen MR) is 101 cm³/mol. The number of hydrogen-bond donors (Lipinski definition) is 1. The summed E-state index contributed by atoms with van der Waals surface area (Å²) in [5.74, 6) is 0.512. The lowest BCUT2D eigenvalue weighted by Gasteiger charge is -2.28. The molecule has 27 heavy (non-hydrogen) atoms. The zero-order valence-electron chi connectivity index (χ0n) is 15.4. The largest absolute Gasteiger partial charge is 0.483 e. The molecule has 0 aliphatic carbocycles. The van der Waals surface area contributed by atoms with Crippen molar-refractivity contribution in [2.24, 2.45) is 0 Å². The fraction of sp³-hybridized carbons (Fsp3) is 0.333. The molecule has 1 N–H and O–H groups in total. The maximum atomic E-state index is 11.8. The minimum Gasteiger partial charge on any atom is -0.483 e. The van der Waals surface area contributed by atoms with E-state index in [-0.39, 0.29) is 11.7 Å². The Morgan fingerprint density at radius 2 is 2.15 bits per heavy atom. The van der Waals surface area contributed by atoms with Crippen LogP contribution in [0.3, 0.4) is 0 Å². The van der Waals surface area contributed by atoms with Gasteiger partial charge in [0.1, 0.15) is 23.2 Å². The smallest absolute Gasteiger partial charge is 0.336 e. The third-order valence-corrected chi connectivity index (χ3v) is 5.12. The van der Waals surface area contributed by atoms with Gasteiger partial charge in [0.15, 0.2) is 0 Å². The van der Waals surface area contributed by atoms with Crippen LogP contribution in [0.5, 0.6) is 5.75 Å². The van der Waals surface area contributed by atoms with Gasteiger partial charge in [-0.3, -0.25) is 0 Å². The number of hydrogen-bond acceptors (Lipinski definition) is 4. The number of aromatic carboxylic acids is 1. The first kappa shape index (κ1) is 17.5. The molecule has 0 radical (unpaired) electrons. The van der Waals surface area contributed by atoms with Crippen LogP contribution in [0, 0.1) is 6.92 Å². The van der Waals surface area contributed by atoms with Gasteiger partial charge in [0.25, 0.3) is 0 Å². The van der Waals surface area contributed by atoms with Crippen molar-refractivity contribution in [2.75, 3.05) is 13.7 Å². The average molecular weight is 366 g/mol. The number of carboxylic acids is 1. The SMILES string of the molecule is COCCn1c(C)nc2cc(C(=O)O)c3c(c21)OC(c1ccccc1)CC3. The Labute approximate surface area is 157 Å². The van der Waals surface area contributed by atoms with Gasteiger partial charge in [-0.1, -0.05) is 30.3 Å². The van der Waals surface area contributed by atoms with Gasteiger partial charge in [-0.05, 0) is 31.4 Å². The van der Waals surface area contributed by atoms with Crippen LogP contribution in [0.1, 0.15) is 39.8 Å². The van der Waals surface area contributed by atoms with Crippen molar-refractivity contribution >= 4 is 17.0 Å². The zero-order valence-corrected chi connectivity index (χ0v) is 15.4. The molecule has 0 fully saturated rings. The Bertz CT molecular complexity index is 995. The number of aryl methyl sites for hydroxylation is 1. The van der Waals surface area contributed by atoms with Crippen LogP contribution < -0.4 is 4.74 Å². The van der Waals surface area contributed by atoms with Gasteiger partial charge in [-0.15, -0.1) is 0 Å². The van der Waals surface area contributed by atoms with Gasteiger partial charge >= 0.3 is 5.97 Å². The number of fused-ring (bicyclic) bond motifs is 3. The maximum absolute atomic E-state index is 11.8. The van der Waals surface area contributed by atoms with Gasteiger partial charge in [0, 0.05) is 19.2 Å². The molecule has 1 atom stereocenters. The van der Waals surface area contributed by atoms with Crippen molar-refractivity contribution in [1.29, 1.82) is 0 Å². The molecule has 4 rings (SSSR count). The normalized spacial score (nSPS) is 16.1. The fourth-order valence-corrected chi connectivity index (χ4v) is 3.82. The lowest BCUT2D eigenvalue weighted by molar-refractivity contribution is 0.0693.